The molecule has 0 radical (unpaired) electrons. The second-order valence-corrected chi connectivity index (χ2v) is 9.68. The first kappa shape index (κ1) is 29.0. The molecule has 4 rings (SSSR count). The van der Waals surface area contributed by atoms with Crippen LogP contribution in [0, 0.1) is 11.8 Å². The number of ether oxygens (including phenoxy) is 6. The van der Waals surface area contributed by atoms with E-state index in [1.807, 2.05) is 0 Å². The standard InChI is InChI=1S/C27H36O12/c1-34-17-7-13(8-18(35-2)23(17)31)20-15(10-38-27-25(33)22(30)16(29)11-39-27)14(9-28)5-12-6-19(36-3)24(32)26(37-4)21(12)20/h6-8,14-16,20,22,25,27-33H,5,9-11H2,1-4H3/t14-,15-,16+,20-,22-,25+,27+/m0/s1. The molecule has 7 atom stereocenters. The van der Waals surface area contributed by atoms with Gasteiger partial charge in [-0.05, 0) is 47.6 Å². The van der Waals surface area contributed by atoms with Crippen LogP contribution in [-0.2, 0) is 15.9 Å². The van der Waals surface area contributed by atoms with Gasteiger partial charge in [0.1, 0.15) is 18.3 Å². The number of aromatic hydroxyl groups is 2. The topological polar surface area (TPSA) is 177 Å². The summed E-state index contributed by atoms with van der Waals surface area (Å²) in [4.78, 5) is 0. The highest BCUT2D eigenvalue weighted by atomic mass is 16.7. The molecule has 2 aromatic carbocycles. The number of hydrogen-bond acceptors (Lipinski definition) is 12. The molecular formula is C27H36O12. The molecule has 1 saturated heterocycles. The van der Waals surface area contributed by atoms with Crippen LogP contribution >= 0.6 is 0 Å². The molecule has 0 bridgehead atoms. The number of fused-ring (bicyclic) bond motifs is 1. The maximum atomic E-state index is 11.0. The predicted molar refractivity (Wildman–Crippen MR) is 136 cm³/mol. The normalized spacial score (nSPS) is 28.5. The Hall–Kier alpha value is -3.00. The van der Waals surface area contributed by atoms with Crippen LogP contribution < -0.4 is 18.9 Å². The summed E-state index contributed by atoms with van der Waals surface area (Å²) in [6, 6.07) is 4.96. The summed E-state index contributed by atoms with van der Waals surface area (Å²) < 4.78 is 33.2. The van der Waals surface area contributed by atoms with E-state index in [9.17, 15) is 30.6 Å². The molecule has 2 aromatic rings. The van der Waals surface area contributed by atoms with Crippen molar-refractivity contribution in [2.75, 3.05) is 48.3 Å². The lowest BCUT2D eigenvalue weighted by molar-refractivity contribution is -0.274. The first-order valence-electron chi connectivity index (χ1n) is 12.5. The van der Waals surface area contributed by atoms with Gasteiger partial charge in [-0.1, -0.05) is 0 Å². The second-order valence-electron chi connectivity index (χ2n) is 9.68. The van der Waals surface area contributed by atoms with Crippen molar-refractivity contribution in [1.29, 1.82) is 0 Å². The molecule has 0 amide bonds. The van der Waals surface area contributed by atoms with Gasteiger partial charge in [-0.25, -0.2) is 0 Å². The molecule has 0 saturated carbocycles. The van der Waals surface area contributed by atoms with E-state index in [2.05, 4.69) is 0 Å². The number of rotatable bonds is 9. The molecule has 0 spiro atoms. The Morgan fingerprint density at radius 3 is 2.03 bits per heavy atom. The van der Waals surface area contributed by atoms with Gasteiger partial charge in [-0.15, -0.1) is 0 Å². The maximum Gasteiger partial charge on any atom is 0.201 e. The van der Waals surface area contributed by atoms with Gasteiger partial charge >= 0.3 is 0 Å². The highest BCUT2D eigenvalue weighted by Crippen LogP contribution is 2.54. The van der Waals surface area contributed by atoms with Gasteiger partial charge in [0.05, 0.1) is 41.7 Å². The second kappa shape index (κ2) is 12.0. The average Bonchev–Trinajstić information content (AvgIpc) is 2.94. The third kappa shape index (κ3) is 5.28. The largest absolute Gasteiger partial charge is 0.502 e. The lowest BCUT2D eigenvalue weighted by Gasteiger charge is -2.42. The minimum atomic E-state index is -1.49. The van der Waals surface area contributed by atoms with E-state index in [0.717, 1.165) is 5.56 Å². The van der Waals surface area contributed by atoms with Gasteiger partial charge in [-0.3, -0.25) is 0 Å². The van der Waals surface area contributed by atoms with Crippen molar-refractivity contribution < 1.29 is 59.1 Å². The molecule has 1 fully saturated rings. The average molecular weight is 553 g/mol. The quantitative estimate of drug-likeness (QED) is 0.254. The zero-order valence-electron chi connectivity index (χ0n) is 22.2. The molecule has 12 heteroatoms. The molecule has 0 aromatic heterocycles. The molecule has 0 unspecified atom stereocenters. The number of aliphatic hydroxyl groups is 4. The van der Waals surface area contributed by atoms with E-state index < -0.39 is 36.4 Å². The summed E-state index contributed by atoms with van der Waals surface area (Å²) in [6.07, 6.45) is -5.04. The monoisotopic (exact) mass is 552 g/mol. The smallest absolute Gasteiger partial charge is 0.201 e. The number of benzene rings is 2. The van der Waals surface area contributed by atoms with Gasteiger partial charge in [-0.2, -0.15) is 0 Å². The molecule has 2 aliphatic rings. The zero-order valence-corrected chi connectivity index (χ0v) is 22.2. The molecule has 1 aliphatic carbocycles. The summed E-state index contributed by atoms with van der Waals surface area (Å²) in [5, 5.41) is 62.3. The van der Waals surface area contributed by atoms with Crippen molar-refractivity contribution in [2.45, 2.75) is 36.9 Å². The van der Waals surface area contributed by atoms with Crippen molar-refractivity contribution in [1.82, 2.24) is 0 Å². The molecular weight excluding hydrogens is 516 g/mol. The lowest BCUT2D eigenvalue weighted by Crippen LogP contribution is -2.54. The fourth-order valence-corrected chi connectivity index (χ4v) is 5.55. The van der Waals surface area contributed by atoms with Crippen LogP contribution in [0.1, 0.15) is 22.6 Å². The van der Waals surface area contributed by atoms with Crippen LogP contribution in [0.5, 0.6) is 34.5 Å². The summed E-state index contributed by atoms with van der Waals surface area (Å²) in [7, 11) is 5.66. The summed E-state index contributed by atoms with van der Waals surface area (Å²) in [6.45, 7) is -0.504. The third-order valence-corrected chi connectivity index (χ3v) is 7.60. The molecule has 39 heavy (non-hydrogen) atoms. The van der Waals surface area contributed by atoms with E-state index in [1.165, 1.54) is 28.4 Å². The van der Waals surface area contributed by atoms with E-state index in [4.69, 9.17) is 28.4 Å². The number of hydrogen-bond donors (Lipinski definition) is 6. The van der Waals surface area contributed by atoms with Crippen molar-refractivity contribution >= 4 is 0 Å². The maximum absolute atomic E-state index is 11.0. The van der Waals surface area contributed by atoms with E-state index in [1.54, 1.807) is 18.2 Å². The van der Waals surface area contributed by atoms with Crippen LogP contribution in [0.3, 0.4) is 0 Å². The van der Waals surface area contributed by atoms with Crippen LogP contribution in [0.25, 0.3) is 0 Å². The van der Waals surface area contributed by atoms with Crippen LogP contribution in [0.15, 0.2) is 18.2 Å². The fourth-order valence-electron chi connectivity index (χ4n) is 5.55. The van der Waals surface area contributed by atoms with E-state index in [-0.39, 0.29) is 60.2 Å². The first-order chi connectivity index (χ1) is 18.7. The lowest BCUT2D eigenvalue weighted by atomic mass is 9.66. The molecule has 1 heterocycles. The Labute approximate surface area is 225 Å². The van der Waals surface area contributed by atoms with Gasteiger partial charge in [0.15, 0.2) is 29.3 Å². The van der Waals surface area contributed by atoms with Gasteiger partial charge in [0.25, 0.3) is 0 Å². The Balaban J connectivity index is 1.86. The number of phenols is 2. The van der Waals surface area contributed by atoms with Crippen LogP contribution in [0.4, 0.5) is 0 Å². The zero-order chi connectivity index (χ0) is 28.4. The number of phenolic OH excluding ortho intramolecular Hbond substituents is 2. The highest BCUT2D eigenvalue weighted by Gasteiger charge is 2.44. The molecule has 1 aliphatic heterocycles. The van der Waals surface area contributed by atoms with Crippen molar-refractivity contribution in [3.05, 3.63) is 34.9 Å². The Morgan fingerprint density at radius 2 is 1.46 bits per heavy atom. The molecule has 6 N–H and O–H groups in total. The summed E-state index contributed by atoms with van der Waals surface area (Å²) >= 11 is 0. The number of methoxy groups -OCH3 is 4. The van der Waals surface area contributed by atoms with Crippen molar-refractivity contribution in [2.24, 2.45) is 11.8 Å². The van der Waals surface area contributed by atoms with Gasteiger partial charge in [0, 0.05) is 18.1 Å². The Bertz CT molecular complexity index is 1130. The Kier molecular flexibility index (Phi) is 8.94. The SMILES string of the molecule is COc1cc([C@@H]2c3c(cc(OC)c(O)c3OC)C[C@@H](CO)[C@@H]2CO[C@@H]2OC[C@@H](O)[C@H](O)[C@H]2O)cc(OC)c1O. The predicted octanol–water partition coefficient (Wildman–Crippen LogP) is 0.500. The minimum Gasteiger partial charge on any atom is -0.502 e. The summed E-state index contributed by atoms with van der Waals surface area (Å²) in [5.41, 5.74) is 1.99. The van der Waals surface area contributed by atoms with Crippen LogP contribution in [0.2, 0.25) is 0 Å². The van der Waals surface area contributed by atoms with Crippen molar-refractivity contribution in [3.8, 4) is 34.5 Å². The van der Waals surface area contributed by atoms with Gasteiger partial charge < -0.3 is 59.1 Å². The molecule has 216 valence electrons. The van der Waals surface area contributed by atoms with E-state index >= 15 is 0 Å². The Morgan fingerprint density at radius 1 is 0.846 bits per heavy atom. The molecule has 12 nitrogen and oxygen atoms in total. The highest BCUT2D eigenvalue weighted by molar-refractivity contribution is 5.64. The fraction of sp³-hybridized carbons (Fsp3) is 0.556. The third-order valence-electron chi connectivity index (χ3n) is 7.60. The van der Waals surface area contributed by atoms with Crippen LogP contribution in [-0.4, -0.2) is 104 Å². The van der Waals surface area contributed by atoms with Gasteiger partial charge in [0.2, 0.25) is 11.5 Å². The summed E-state index contributed by atoms with van der Waals surface area (Å²) in [5.74, 6) is -1.16. The van der Waals surface area contributed by atoms with E-state index in [0.29, 0.717) is 17.5 Å². The number of aliphatic hydroxyl groups excluding tert-OH is 4. The first-order valence-corrected chi connectivity index (χ1v) is 12.5. The minimum absolute atomic E-state index is 0.0542. The van der Waals surface area contributed by atoms with Crippen molar-refractivity contribution in [3.63, 3.8) is 0 Å².